The van der Waals surface area contributed by atoms with Crippen LogP contribution in [0.15, 0.2) is 47.1 Å². The Bertz CT molecular complexity index is 757. The van der Waals surface area contributed by atoms with E-state index in [1.54, 1.807) is 11.2 Å². The van der Waals surface area contributed by atoms with Gasteiger partial charge in [-0.3, -0.25) is 9.59 Å². The lowest BCUT2D eigenvalue weighted by molar-refractivity contribution is -0.126. The van der Waals surface area contributed by atoms with Crippen molar-refractivity contribution in [2.75, 3.05) is 24.6 Å². The second-order valence-corrected chi connectivity index (χ2v) is 6.66. The highest BCUT2D eigenvalue weighted by Gasteiger charge is 2.35. The number of anilines is 1. The number of carbonyl (C=O) groups excluding carboxylic acids is 2. The van der Waals surface area contributed by atoms with Gasteiger partial charge in [0.15, 0.2) is 0 Å². The van der Waals surface area contributed by atoms with Crippen LogP contribution in [-0.2, 0) is 27.4 Å². The minimum Gasteiger partial charge on any atom is -0.467 e. The highest BCUT2D eigenvalue weighted by Crippen LogP contribution is 2.28. The van der Waals surface area contributed by atoms with Crippen molar-refractivity contribution < 1.29 is 18.7 Å². The Kier molecular flexibility index (Phi) is 6.65. The molecule has 1 atom stereocenters. The highest BCUT2D eigenvalue weighted by molar-refractivity contribution is 6.00. The lowest BCUT2D eigenvalue weighted by atomic mass is 10.1. The molecule has 1 unspecified atom stereocenters. The number of rotatable bonds is 9. The maximum absolute atomic E-state index is 12.4. The van der Waals surface area contributed by atoms with Crippen molar-refractivity contribution in [3.63, 3.8) is 0 Å². The van der Waals surface area contributed by atoms with E-state index in [1.165, 1.54) is 0 Å². The smallest absolute Gasteiger partial charge is 0.227 e. The number of hydrogen-bond acceptors (Lipinski definition) is 4. The summed E-state index contributed by atoms with van der Waals surface area (Å²) in [5, 5.41) is 2.92. The molecule has 3 rings (SSSR count). The summed E-state index contributed by atoms with van der Waals surface area (Å²) in [4.78, 5) is 26.5. The lowest BCUT2D eigenvalue weighted by Crippen LogP contribution is -2.34. The first-order valence-electron chi connectivity index (χ1n) is 9.45. The van der Waals surface area contributed by atoms with Gasteiger partial charge in [0.05, 0.1) is 12.2 Å². The molecule has 1 fully saturated rings. The number of hydrogen-bond donors (Lipinski definition) is 1. The molecular weight excluding hydrogens is 344 g/mol. The predicted molar refractivity (Wildman–Crippen MR) is 102 cm³/mol. The average Bonchev–Trinajstić information content (AvgIpc) is 3.34. The zero-order chi connectivity index (χ0) is 19.1. The van der Waals surface area contributed by atoms with E-state index in [4.69, 9.17) is 9.15 Å². The SMILES string of the molecule is CCc1ccccc1N1CC(C(=O)NCCCOCc2ccco2)CC1=O. The quantitative estimate of drug-likeness (QED) is 0.689. The van der Waals surface area contributed by atoms with Gasteiger partial charge < -0.3 is 19.4 Å². The van der Waals surface area contributed by atoms with Crippen molar-refractivity contribution in [1.82, 2.24) is 5.32 Å². The monoisotopic (exact) mass is 370 g/mol. The third-order valence-electron chi connectivity index (χ3n) is 4.75. The molecule has 1 aliphatic heterocycles. The molecule has 2 aromatic rings. The van der Waals surface area contributed by atoms with E-state index in [0.717, 1.165) is 29.9 Å². The molecule has 2 amide bonds. The zero-order valence-electron chi connectivity index (χ0n) is 15.6. The molecule has 6 nitrogen and oxygen atoms in total. The molecule has 0 radical (unpaired) electrons. The van der Waals surface area contributed by atoms with Gasteiger partial charge in [0.25, 0.3) is 0 Å². The van der Waals surface area contributed by atoms with Gasteiger partial charge in [0.2, 0.25) is 11.8 Å². The number of nitrogens with one attached hydrogen (secondary N) is 1. The van der Waals surface area contributed by atoms with Gasteiger partial charge in [-0.1, -0.05) is 25.1 Å². The lowest BCUT2D eigenvalue weighted by Gasteiger charge is -2.20. The van der Waals surface area contributed by atoms with Gasteiger partial charge >= 0.3 is 0 Å². The van der Waals surface area contributed by atoms with Crippen LogP contribution in [-0.4, -0.2) is 31.5 Å². The summed E-state index contributed by atoms with van der Waals surface area (Å²) in [5.41, 5.74) is 2.05. The van der Waals surface area contributed by atoms with Gasteiger partial charge in [-0.05, 0) is 36.6 Å². The molecular formula is C21H26N2O4. The van der Waals surface area contributed by atoms with Crippen molar-refractivity contribution >= 4 is 17.5 Å². The second kappa shape index (κ2) is 9.37. The molecule has 0 aliphatic carbocycles. The van der Waals surface area contributed by atoms with Crippen molar-refractivity contribution in [2.24, 2.45) is 5.92 Å². The summed E-state index contributed by atoms with van der Waals surface area (Å²) < 4.78 is 10.7. The minimum atomic E-state index is -0.300. The molecule has 0 spiro atoms. The first-order valence-corrected chi connectivity index (χ1v) is 9.45. The van der Waals surface area contributed by atoms with E-state index in [-0.39, 0.29) is 24.2 Å². The summed E-state index contributed by atoms with van der Waals surface area (Å²) >= 11 is 0. The van der Waals surface area contributed by atoms with Crippen LogP contribution in [0.25, 0.3) is 0 Å². The number of furan rings is 1. The molecule has 1 aromatic carbocycles. The van der Waals surface area contributed by atoms with Gasteiger partial charge in [-0.15, -0.1) is 0 Å². The molecule has 144 valence electrons. The Labute approximate surface area is 159 Å². The van der Waals surface area contributed by atoms with Crippen molar-refractivity contribution in [1.29, 1.82) is 0 Å². The summed E-state index contributed by atoms with van der Waals surface area (Å²) in [7, 11) is 0. The summed E-state index contributed by atoms with van der Waals surface area (Å²) in [5.74, 6) is 0.436. The number of carbonyl (C=O) groups is 2. The Morgan fingerprint density at radius 3 is 2.93 bits per heavy atom. The molecule has 1 N–H and O–H groups in total. The molecule has 1 aromatic heterocycles. The van der Waals surface area contributed by atoms with E-state index in [2.05, 4.69) is 12.2 Å². The van der Waals surface area contributed by atoms with Crippen LogP contribution in [0.1, 0.15) is 31.1 Å². The first-order chi connectivity index (χ1) is 13.2. The van der Waals surface area contributed by atoms with Crippen LogP contribution in [0.3, 0.4) is 0 Å². The Hall–Kier alpha value is -2.60. The Morgan fingerprint density at radius 1 is 1.30 bits per heavy atom. The van der Waals surface area contributed by atoms with E-state index in [1.807, 2.05) is 36.4 Å². The molecule has 0 bridgehead atoms. The largest absolute Gasteiger partial charge is 0.467 e. The fourth-order valence-electron chi connectivity index (χ4n) is 3.29. The van der Waals surface area contributed by atoms with Crippen molar-refractivity contribution in [3.8, 4) is 0 Å². The number of nitrogens with zero attached hydrogens (tertiary/aromatic N) is 1. The summed E-state index contributed by atoms with van der Waals surface area (Å²) in [6, 6.07) is 11.6. The normalized spacial score (nSPS) is 16.7. The highest BCUT2D eigenvalue weighted by atomic mass is 16.5. The van der Waals surface area contributed by atoms with E-state index >= 15 is 0 Å². The third-order valence-corrected chi connectivity index (χ3v) is 4.75. The number of amides is 2. The van der Waals surface area contributed by atoms with Crippen LogP contribution < -0.4 is 10.2 Å². The Balaban J connectivity index is 1.41. The standard InChI is InChI=1S/C21H26N2O4/c1-2-16-7-3-4-9-19(16)23-14-17(13-20(23)24)21(25)22-10-6-11-26-15-18-8-5-12-27-18/h3-5,7-9,12,17H,2,6,10-11,13-15H2,1H3,(H,22,25). The first kappa shape index (κ1) is 19.2. The predicted octanol–water partition coefficient (Wildman–Crippen LogP) is 2.92. The minimum absolute atomic E-state index is 0.0119. The van der Waals surface area contributed by atoms with Gasteiger partial charge in [0, 0.05) is 31.8 Å². The fourth-order valence-corrected chi connectivity index (χ4v) is 3.29. The summed E-state index contributed by atoms with van der Waals surface area (Å²) in [6.45, 7) is 4.02. The molecule has 6 heteroatoms. The Morgan fingerprint density at radius 2 is 2.15 bits per heavy atom. The van der Waals surface area contributed by atoms with Gasteiger partial charge in [-0.25, -0.2) is 0 Å². The van der Waals surface area contributed by atoms with E-state index < -0.39 is 0 Å². The second-order valence-electron chi connectivity index (χ2n) is 6.66. The van der Waals surface area contributed by atoms with E-state index in [0.29, 0.717) is 26.3 Å². The fraction of sp³-hybridized carbons (Fsp3) is 0.429. The molecule has 1 aliphatic rings. The maximum Gasteiger partial charge on any atom is 0.227 e. The van der Waals surface area contributed by atoms with Crippen LogP contribution in [0.5, 0.6) is 0 Å². The number of ether oxygens (including phenoxy) is 1. The van der Waals surface area contributed by atoms with Crippen molar-refractivity contribution in [2.45, 2.75) is 32.8 Å². The molecule has 27 heavy (non-hydrogen) atoms. The van der Waals surface area contributed by atoms with Crippen LogP contribution in [0.4, 0.5) is 5.69 Å². The topological polar surface area (TPSA) is 71.8 Å². The average molecular weight is 370 g/mol. The molecule has 2 heterocycles. The zero-order valence-corrected chi connectivity index (χ0v) is 15.6. The van der Waals surface area contributed by atoms with Crippen molar-refractivity contribution in [3.05, 3.63) is 54.0 Å². The number of benzene rings is 1. The van der Waals surface area contributed by atoms with Crippen LogP contribution in [0.2, 0.25) is 0 Å². The summed E-state index contributed by atoms with van der Waals surface area (Å²) in [6.07, 6.45) is 3.45. The van der Waals surface area contributed by atoms with Gasteiger partial charge in [-0.2, -0.15) is 0 Å². The molecule has 0 saturated carbocycles. The number of aryl methyl sites for hydroxylation is 1. The third kappa shape index (κ3) is 4.98. The van der Waals surface area contributed by atoms with E-state index in [9.17, 15) is 9.59 Å². The maximum atomic E-state index is 12.4. The molecule has 1 saturated heterocycles. The van der Waals surface area contributed by atoms with Crippen LogP contribution in [0, 0.1) is 5.92 Å². The van der Waals surface area contributed by atoms with Gasteiger partial charge in [0.1, 0.15) is 12.4 Å². The van der Waals surface area contributed by atoms with Crippen LogP contribution >= 0.6 is 0 Å². The number of para-hydroxylation sites is 1.